The van der Waals surface area contributed by atoms with Crippen molar-refractivity contribution in [2.24, 2.45) is 0 Å². The van der Waals surface area contributed by atoms with E-state index < -0.39 is 0 Å². The molecular formula is C18H22FN5O. The summed E-state index contributed by atoms with van der Waals surface area (Å²) in [5.41, 5.74) is 2.40. The van der Waals surface area contributed by atoms with E-state index in [-0.39, 0.29) is 5.82 Å². The van der Waals surface area contributed by atoms with Crippen molar-refractivity contribution < 1.29 is 8.91 Å². The van der Waals surface area contributed by atoms with E-state index in [2.05, 4.69) is 20.6 Å². The van der Waals surface area contributed by atoms with Gasteiger partial charge in [0, 0.05) is 24.7 Å². The minimum Gasteiger partial charge on any atom is -0.339 e. The third kappa shape index (κ3) is 4.73. The average Bonchev–Trinajstić information content (AvgIpc) is 3.22. The van der Waals surface area contributed by atoms with Gasteiger partial charge in [-0.25, -0.2) is 4.39 Å². The van der Waals surface area contributed by atoms with Gasteiger partial charge < -0.3 is 9.84 Å². The van der Waals surface area contributed by atoms with Crippen molar-refractivity contribution in [2.75, 3.05) is 13.1 Å². The quantitative estimate of drug-likeness (QED) is 0.637. The van der Waals surface area contributed by atoms with Crippen molar-refractivity contribution in [3.8, 4) is 11.4 Å². The molecule has 0 aliphatic rings. The lowest BCUT2D eigenvalue weighted by Gasteiger charge is -2.03. The van der Waals surface area contributed by atoms with Crippen LogP contribution in [0.3, 0.4) is 0 Å². The zero-order chi connectivity index (χ0) is 17.6. The first kappa shape index (κ1) is 17.3. The maximum absolute atomic E-state index is 13.6. The second kappa shape index (κ2) is 8.02. The number of rotatable bonds is 8. The number of benzene rings is 1. The molecule has 3 aromatic rings. The molecule has 0 saturated carbocycles. The Kier molecular flexibility index (Phi) is 5.55. The zero-order valence-electron chi connectivity index (χ0n) is 14.5. The van der Waals surface area contributed by atoms with Crippen LogP contribution in [0.25, 0.3) is 11.4 Å². The molecule has 1 aromatic carbocycles. The first-order chi connectivity index (χ1) is 12.1. The SMILES string of the molecule is Cc1cnn(CCNCCCc2nc(-c3ccc(C)c(F)c3)no2)c1. The van der Waals surface area contributed by atoms with Gasteiger partial charge in [-0.2, -0.15) is 10.1 Å². The number of nitrogens with one attached hydrogen (secondary N) is 1. The van der Waals surface area contributed by atoms with E-state index >= 15 is 0 Å². The Bertz CT molecular complexity index is 826. The van der Waals surface area contributed by atoms with Crippen LogP contribution in [0.1, 0.15) is 23.4 Å². The van der Waals surface area contributed by atoms with Crippen LogP contribution in [0, 0.1) is 19.7 Å². The van der Waals surface area contributed by atoms with Crippen LogP contribution in [0.4, 0.5) is 4.39 Å². The third-order valence-corrected chi connectivity index (χ3v) is 3.92. The number of aromatic nitrogens is 4. The van der Waals surface area contributed by atoms with Gasteiger partial charge in [-0.3, -0.25) is 4.68 Å². The molecule has 2 heterocycles. The number of aryl methyl sites for hydroxylation is 3. The van der Waals surface area contributed by atoms with E-state index in [1.54, 1.807) is 19.1 Å². The van der Waals surface area contributed by atoms with Crippen molar-refractivity contribution >= 4 is 0 Å². The number of halogens is 1. The fourth-order valence-corrected chi connectivity index (χ4v) is 2.48. The molecule has 2 aromatic heterocycles. The summed E-state index contributed by atoms with van der Waals surface area (Å²) in [4.78, 5) is 4.33. The smallest absolute Gasteiger partial charge is 0.227 e. The first-order valence-corrected chi connectivity index (χ1v) is 8.41. The molecule has 6 nitrogen and oxygen atoms in total. The van der Waals surface area contributed by atoms with Crippen LogP contribution >= 0.6 is 0 Å². The lowest BCUT2D eigenvalue weighted by Crippen LogP contribution is -2.21. The molecule has 0 atom stereocenters. The zero-order valence-corrected chi connectivity index (χ0v) is 14.5. The van der Waals surface area contributed by atoms with Crippen molar-refractivity contribution in [3.05, 3.63) is 53.4 Å². The molecule has 0 unspecified atom stereocenters. The number of hydrogen-bond acceptors (Lipinski definition) is 5. The van der Waals surface area contributed by atoms with Crippen LogP contribution in [-0.2, 0) is 13.0 Å². The van der Waals surface area contributed by atoms with E-state index in [0.29, 0.717) is 29.3 Å². The molecule has 25 heavy (non-hydrogen) atoms. The highest BCUT2D eigenvalue weighted by atomic mass is 19.1. The first-order valence-electron chi connectivity index (χ1n) is 8.41. The summed E-state index contributed by atoms with van der Waals surface area (Å²) in [5, 5.41) is 11.5. The monoisotopic (exact) mass is 343 g/mol. The van der Waals surface area contributed by atoms with Gasteiger partial charge in [-0.1, -0.05) is 17.3 Å². The van der Waals surface area contributed by atoms with E-state index in [1.165, 1.54) is 11.6 Å². The molecule has 1 N–H and O–H groups in total. The summed E-state index contributed by atoms with van der Waals surface area (Å²) in [6.45, 7) is 6.31. The van der Waals surface area contributed by atoms with E-state index in [9.17, 15) is 4.39 Å². The van der Waals surface area contributed by atoms with Gasteiger partial charge in [0.25, 0.3) is 0 Å². The normalized spacial score (nSPS) is 11.2. The second-order valence-electron chi connectivity index (χ2n) is 6.11. The highest BCUT2D eigenvalue weighted by molar-refractivity contribution is 5.54. The summed E-state index contributed by atoms with van der Waals surface area (Å²) in [6.07, 6.45) is 5.46. The van der Waals surface area contributed by atoms with Crippen LogP contribution in [0.2, 0.25) is 0 Å². The highest BCUT2D eigenvalue weighted by Crippen LogP contribution is 2.19. The molecule has 0 aliphatic heterocycles. The van der Waals surface area contributed by atoms with Crippen molar-refractivity contribution in [2.45, 2.75) is 33.2 Å². The molecule has 0 fully saturated rings. The fraction of sp³-hybridized carbons (Fsp3) is 0.389. The van der Waals surface area contributed by atoms with Crippen molar-refractivity contribution in [1.82, 2.24) is 25.2 Å². The van der Waals surface area contributed by atoms with E-state index in [4.69, 9.17) is 4.52 Å². The topological polar surface area (TPSA) is 68.8 Å². The molecule has 0 aliphatic carbocycles. The molecular weight excluding hydrogens is 321 g/mol. The molecule has 0 spiro atoms. The Morgan fingerprint density at radius 2 is 2.12 bits per heavy atom. The predicted octanol–water partition coefficient (Wildman–Crippen LogP) is 2.91. The Morgan fingerprint density at radius 3 is 2.88 bits per heavy atom. The van der Waals surface area contributed by atoms with Gasteiger partial charge in [0.2, 0.25) is 11.7 Å². The maximum Gasteiger partial charge on any atom is 0.227 e. The lowest BCUT2D eigenvalue weighted by molar-refractivity contribution is 0.374. The van der Waals surface area contributed by atoms with Gasteiger partial charge in [-0.05, 0) is 44.0 Å². The minimum atomic E-state index is -0.263. The fourth-order valence-electron chi connectivity index (χ4n) is 2.48. The molecule has 7 heteroatoms. The molecule has 3 rings (SSSR count). The maximum atomic E-state index is 13.6. The molecule has 0 saturated heterocycles. The van der Waals surface area contributed by atoms with Crippen molar-refractivity contribution in [1.29, 1.82) is 0 Å². The van der Waals surface area contributed by atoms with Gasteiger partial charge >= 0.3 is 0 Å². The summed E-state index contributed by atoms with van der Waals surface area (Å²) < 4.78 is 20.8. The van der Waals surface area contributed by atoms with Gasteiger partial charge in [0.1, 0.15) is 5.82 Å². The molecule has 132 valence electrons. The largest absolute Gasteiger partial charge is 0.339 e. The lowest BCUT2D eigenvalue weighted by atomic mass is 10.1. The van der Waals surface area contributed by atoms with Gasteiger partial charge in [0.15, 0.2) is 0 Å². The van der Waals surface area contributed by atoms with Gasteiger partial charge in [0.05, 0.1) is 12.7 Å². The van der Waals surface area contributed by atoms with Crippen LogP contribution in [-0.4, -0.2) is 33.0 Å². The number of hydrogen-bond donors (Lipinski definition) is 1. The second-order valence-corrected chi connectivity index (χ2v) is 6.11. The standard InChI is InChI=1S/C18H22FN5O/c1-13-11-21-24(12-13)9-8-20-7-3-4-17-22-18(23-25-17)15-6-5-14(2)16(19)10-15/h5-6,10-12,20H,3-4,7-9H2,1-2H3. The Hall–Kier alpha value is -2.54. The third-order valence-electron chi connectivity index (χ3n) is 3.92. The predicted molar refractivity (Wildman–Crippen MR) is 92.6 cm³/mol. The Labute approximate surface area is 146 Å². The van der Waals surface area contributed by atoms with Gasteiger partial charge in [-0.15, -0.1) is 0 Å². The summed E-state index contributed by atoms with van der Waals surface area (Å²) in [7, 11) is 0. The van der Waals surface area contributed by atoms with Crippen LogP contribution < -0.4 is 5.32 Å². The Morgan fingerprint density at radius 1 is 1.24 bits per heavy atom. The van der Waals surface area contributed by atoms with Crippen LogP contribution in [0.15, 0.2) is 35.1 Å². The van der Waals surface area contributed by atoms with Crippen molar-refractivity contribution in [3.63, 3.8) is 0 Å². The molecule has 0 radical (unpaired) electrons. The summed E-state index contributed by atoms with van der Waals surface area (Å²) >= 11 is 0. The summed E-state index contributed by atoms with van der Waals surface area (Å²) in [5.74, 6) is 0.733. The minimum absolute atomic E-state index is 0.263. The molecule has 0 amide bonds. The average molecular weight is 343 g/mol. The van der Waals surface area contributed by atoms with Crippen LogP contribution in [0.5, 0.6) is 0 Å². The van der Waals surface area contributed by atoms with E-state index in [0.717, 1.165) is 26.1 Å². The summed E-state index contributed by atoms with van der Waals surface area (Å²) in [6, 6.07) is 4.94. The highest BCUT2D eigenvalue weighted by Gasteiger charge is 2.10. The van der Waals surface area contributed by atoms with E-state index in [1.807, 2.05) is 24.0 Å². The Balaban J connectivity index is 1.40. The molecule has 0 bridgehead atoms. The number of nitrogens with zero attached hydrogens (tertiary/aromatic N) is 4.